The summed E-state index contributed by atoms with van der Waals surface area (Å²) in [6.45, 7) is 7.19. The highest BCUT2D eigenvalue weighted by molar-refractivity contribution is 5.96. The molecule has 0 bridgehead atoms. The standard InChI is InChI=1S/C19H24N4O2/c1-12(2)8-18(24)21-16-5-4-14(9-13(16)3)19(25)23-7-6-17-15(11-23)10-20-22-17/h4-5,9-10,12H,6-8,11H2,1-3H3,(H,20,22)(H,21,24). The minimum absolute atomic E-state index is 0.000643. The van der Waals surface area contributed by atoms with Crippen LogP contribution in [0, 0.1) is 12.8 Å². The Morgan fingerprint density at radius 2 is 2.16 bits per heavy atom. The first-order chi connectivity index (χ1) is 11.9. The summed E-state index contributed by atoms with van der Waals surface area (Å²) >= 11 is 0. The van der Waals surface area contributed by atoms with Crippen molar-refractivity contribution in [3.8, 4) is 0 Å². The zero-order valence-electron chi connectivity index (χ0n) is 14.9. The highest BCUT2D eigenvalue weighted by Gasteiger charge is 2.23. The zero-order valence-corrected chi connectivity index (χ0v) is 14.9. The van der Waals surface area contributed by atoms with Crippen molar-refractivity contribution in [3.05, 3.63) is 46.8 Å². The summed E-state index contributed by atoms with van der Waals surface area (Å²) in [5.41, 5.74) is 4.49. The number of hydrogen-bond donors (Lipinski definition) is 2. The molecule has 1 aliphatic heterocycles. The van der Waals surface area contributed by atoms with Gasteiger partial charge < -0.3 is 10.2 Å². The summed E-state index contributed by atoms with van der Waals surface area (Å²) in [5.74, 6) is 0.323. The minimum atomic E-state index is 0.000643. The second kappa shape index (κ2) is 7.09. The predicted octanol–water partition coefficient (Wildman–Crippen LogP) is 2.90. The number of nitrogens with zero attached hydrogens (tertiary/aromatic N) is 2. The minimum Gasteiger partial charge on any atom is -0.334 e. The molecule has 6 heteroatoms. The number of nitrogens with one attached hydrogen (secondary N) is 2. The van der Waals surface area contributed by atoms with E-state index >= 15 is 0 Å². The number of benzene rings is 1. The van der Waals surface area contributed by atoms with Gasteiger partial charge in [-0.15, -0.1) is 0 Å². The fraction of sp³-hybridized carbons (Fsp3) is 0.421. The molecule has 0 saturated carbocycles. The second-order valence-electron chi connectivity index (χ2n) is 7.03. The van der Waals surface area contributed by atoms with E-state index in [9.17, 15) is 9.59 Å². The Morgan fingerprint density at radius 3 is 2.88 bits per heavy atom. The largest absolute Gasteiger partial charge is 0.334 e. The molecule has 0 aliphatic carbocycles. The van der Waals surface area contributed by atoms with E-state index in [1.807, 2.05) is 37.8 Å². The average Bonchev–Trinajstić information content (AvgIpc) is 3.03. The van der Waals surface area contributed by atoms with E-state index in [1.165, 1.54) is 0 Å². The molecule has 0 saturated heterocycles. The van der Waals surface area contributed by atoms with Gasteiger partial charge in [-0.05, 0) is 36.6 Å². The molecule has 2 amide bonds. The Kier molecular flexibility index (Phi) is 4.88. The van der Waals surface area contributed by atoms with Gasteiger partial charge in [-0.2, -0.15) is 5.10 Å². The Hall–Kier alpha value is -2.63. The maximum Gasteiger partial charge on any atom is 0.254 e. The number of anilines is 1. The molecule has 1 aromatic carbocycles. The fourth-order valence-electron chi connectivity index (χ4n) is 3.09. The number of amides is 2. The Bertz CT molecular complexity index is 794. The van der Waals surface area contributed by atoms with Crippen LogP contribution in [0.3, 0.4) is 0 Å². The first-order valence-corrected chi connectivity index (χ1v) is 8.65. The van der Waals surface area contributed by atoms with E-state index < -0.39 is 0 Å². The monoisotopic (exact) mass is 340 g/mol. The number of rotatable bonds is 4. The molecule has 0 spiro atoms. The van der Waals surface area contributed by atoms with E-state index in [0.29, 0.717) is 31.0 Å². The van der Waals surface area contributed by atoms with Gasteiger partial charge in [0.2, 0.25) is 5.91 Å². The summed E-state index contributed by atoms with van der Waals surface area (Å²) in [5, 5.41) is 9.94. The van der Waals surface area contributed by atoms with Crippen LogP contribution in [-0.2, 0) is 17.8 Å². The molecule has 2 N–H and O–H groups in total. The first kappa shape index (κ1) is 17.2. The van der Waals surface area contributed by atoms with Crippen LogP contribution in [0.15, 0.2) is 24.4 Å². The van der Waals surface area contributed by atoms with E-state index in [4.69, 9.17) is 0 Å². The number of H-pyrrole nitrogens is 1. The number of aromatic amines is 1. The van der Waals surface area contributed by atoms with Crippen LogP contribution in [0.1, 0.15) is 47.4 Å². The van der Waals surface area contributed by atoms with Gasteiger partial charge in [-0.3, -0.25) is 14.7 Å². The van der Waals surface area contributed by atoms with Gasteiger partial charge in [0.05, 0.1) is 6.20 Å². The normalized spacial score (nSPS) is 13.7. The van der Waals surface area contributed by atoms with Crippen molar-refractivity contribution in [1.29, 1.82) is 0 Å². The lowest BCUT2D eigenvalue weighted by molar-refractivity contribution is -0.116. The number of carbonyl (C=O) groups excluding carboxylic acids is 2. The fourth-order valence-corrected chi connectivity index (χ4v) is 3.09. The highest BCUT2D eigenvalue weighted by atomic mass is 16.2. The van der Waals surface area contributed by atoms with E-state index in [1.54, 1.807) is 12.3 Å². The van der Waals surface area contributed by atoms with Crippen molar-refractivity contribution in [1.82, 2.24) is 15.1 Å². The van der Waals surface area contributed by atoms with E-state index in [0.717, 1.165) is 28.9 Å². The smallest absolute Gasteiger partial charge is 0.254 e. The van der Waals surface area contributed by atoms with Crippen LogP contribution < -0.4 is 5.32 Å². The third-order valence-corrected chi connectivity index (χ3v) is 4.43. The second-order valence-corrected chi connectivity index (χ2v) is 7.03. The molecule has 2 heterocycles. The average molecular weight is 340 g/mol. The number of carbonyl (C=O) groups is 2. The molecule has 1 aromatic heterocycles. The number of aryl methyl sites for hydroxylation is 1. The first-order valence-electron chi connectivity index (χ1n) is 8.65. The molecular weight excluding hydrogens is 316 g/mol. The lowest BCUT2D eigenvalue weighted by Crippen LogP contribution is -2.35. The van der Waals surface area contributed by atoms with Crippen LogP contribution in [0.2, 0.25) is 0 Å². The molecule has 6 nitrogen and oxygen atoms in total. The van der Waals surface area contributed by atoms with E-state index in [-0.39, 0.29) is 11.8 Å². The summed E-state index contributed by atoms with van der Waals surface area (Å²) in [4.78, 5) is 26.5. The molecule has 0 fully saturated rings. The number of hydrogen-bond acceptors (Lipinski definition) is 3. The van der Waals surface area contributed by atoms with Crippen LogP contribution in [0.4, 0.5) is 5.69 Å². The molecule has 0 atom stereocenters. The quantitative estimate of drug-likeness (QED) is 0.898. The molecule has 1 aliphatic rings. The molecule has 0 unspecified atom stereocenters. The van der Waals surface area contributed by atoms with Crippen molar-refractivity contribution in [2.24, 2.45) is 5.92 Å². The van der Waals surface area contributed by atoms with Crippen molar-refractivity contribution in [2.75, 3.05) is 11.9 Å². The lowest BCUT2D eigenvalue weighted by Gasteiger charge is -2.26. The maximum atomic E-state index is 12.8. The Labute approximate surface area is 147 Å². The van der Waals surface area contributed by atoms with Gasteiger partial charge in [0.25, 0.3) is 5.91 Å². The molecule has 3 rings (SSSR count). The predicted molar refractivity (Wildman–Crippen MR) is 96.3 cm³/mol. The number of fused-ring (bicyclic) bond motifs is 1. The van der Waals surface area contributed by atoms with Gasteiger partial charge in [-0.25, -0.2) is 0 Å². The van der Waals surface area contributed by atoms with Crippen molar-refractivity contribution >= 4 is 17.5 Å². The molecule has 0 radical (unpaired) electrons. The van der Waals surface area contributed by atoms with Crippen molar-refractivity contribution in [2.45, 2.75) is 40.2 Å². The Balaban J connectivity index is 1.70. The maximum absolute atomic E-state index is 12.8. The lowest BCUT2D eigenvalue weighted by atomic mass is 10.0. The molecule has 25 heavy (non-hydrogen) atoms. The van der Waals surface area contributed by atoms with Crippen molar-refractivity contribution in [3.63, 3.8) is 0 Å². The van der Waals surface area contributed by atoms with E-state index in [2.05, 4.69) is 15.5 Å². The summed E-state index contributed by atoms with van der Waals surface area (Å²) in [7, 11) is 0. The summed E-state index contributed by atoms with van der Waals surface area (Å²) in [6.07, 6.45) is 3.07. The topological polar surface area (TPSA) is 78.1 Å². The number of aromatic nitrogens is 2. The Morgan fingerprint density at radius 1 is 1.36 bits per heavy atom. The van der Waals surface area contributed by atoms with Crippen molar-refractivity contribution < 1.29 is 9.59 Å². The van der Waals surface area contributed by atoms with Gasteiger partial charge in [0.1, 0.15) is 0 Å². The van der Waals surface area contributed by atoms with Gasteiger partial charge in [0, 0.05) is 48.4 Å². The van der Waals surface area contributed by atoms with Gasteiger partial charge in [0.15, 0.2) is 0 Å². The van der Waals surface area contributed by atoms with Gasteiger partial charge in [-0.1, -0.05) is 13.8 Å². The van der Waals surface area contributed by atoms with Crippen LogP contribution in [0.5, 0.6) is 0 Å². The SMILES string of the molecule is Cc1cc(C(=O)N2CCc3[nH]ncc3C2)ccc1NC(=O)CC(C)C. The molecular formula is C19H24N4O2. The zero-order chi connectivity index (χ0) is 18.0. The molecule has 2 aromatic rings. The molecule has 132 valence electrons. The summed E-state index contributed by atoms with van der Waals surface area (Å²) < 4.78 is 0. The van der Waals surface area contributed by atoms with Crippen LogP contribution >= 0.6 is 0 Å². The highest BCUT2D eigenvalue weighted by Crippen LogP contribution is 2.22. The third-order valence-electron chi connectivity index (χ3n) is 4.43. The third kappa shape index (κ3) is 3.90. The van der Waals surface area contributed by atoms with Crippen LogP contribution in [-0.4, -0.2) is 33.5 Å². The van der Waals surface area contributed by atoms with Crippen LogP contribution in [0.25, 0.3) is 0 Å². The van der Waals surface area contributed by atoms with Gasteiger partial charge >= 0.3 is 0 Å². The summed E-state index contributed by atoms with van der Waals surface area (Å²) in [6, 6.07) is 5.44.